The fourth-order valence-electron chi connectivity index (χ4n) is 2.01. The number of halogens is 2. The van der Waals surface area contributed by atoms with Crippen LogP contribution in [0.4, 0.5) is 8.78 Å². The zero-order chi connectivity index (χ0) is 16.9. The van der Waals surface area contributed by atoms with E-state index in [2.05, 4.69) is 9.71 Å². The number of hydrogen-bond acceptors (Lipinski definition) is 4. The summed E-state index contributed by atoms with van der Waals surface area (Å²) in [6.45, 7) is 2.43. The molecule has 0 bridgehead atoms. The molecule has 1 aliphatic heterocycles. The Morgan fingerprint density at radius 1 is 1.35 bits per heavy atom. The molecule has 0 atom stereocenters. The van der Waals surface area contributed by atoms with E-state index in [9.17, 15) is 17.2 Å². The molecule has 0 unspecified atom stereocenters. The zero-order valence-corrected chi connectivity index (χ0v) is 13.2. The van der Waals surface area contributed by atoms with Crippen LogP contribution in [0.3, 0.4) is 0 Å². The Balaban J connectivity index is 1.89. The third kappa shape index (κ3) is 4.85. The maximum atomic E-state index is 13.5. The van der Waals surface area contributed by atoms with Crippen LogP contribution in [-0.4, -0.2) is 58.7 Å². The number of ether oxygens (including phenoxy) is 1. The minimum Gasteiger partial charge on any atom is -0.378 e. The van der Waals surface area contributed by atoms with Crippen LogP contribution in [0.1, 0.15) is 0 Å². The van der Waals surface area contributed by atoms with Gasteiger partial charge in [-0.1, -0.05) is 0 Å². The molecule has 7 nitrogen and oxygen atoms in total. The fourth-order valence-corrected chi connectivity index (χ4v) is 3.09. The lowest BCUT2D eigenvalue weighted by molar-refractivity contribution is 0.0674. The average molecular weight is 348 g/mol. The fraction of sp³-hybridized carbons (Fsp3) is 0.462. The molecule has 0 amide bonds. The highest BCUT2D eigenvalue weighted by Gasteiger charge is 2.19. The topological polar surface area (TPSA) is 97.0 Å². The van der Waals surface area contributed by atoms with Crippen LogP contribution in [-0.2, 0) is 14.8 Å². The quantitative estimate of drug-likeness (QED) is 0.440. The van der Waals surface area contributed by atoms with E-state index in [1.165, 1.54) is 0 Å². The first-order chi connectivity index (χ1) is 10.9. The van der Waals surface area contributed by atoms with Crippen LogP contribution in [0.25, 0.3) is 0 Å². The molecule has 0 spiro atoms. The second-order valence-corrected chi connectivity index (χ2v) is 6.55. The van der Waals surface area contributed by atoms with Gasteiger partial charge in [0.2, 0.25) is 10.0 Å². The van der Waals surface area contributed by atoms with E-state index in [-0.39, 0.29) is 13.1 Å². The van der Waals surface area contributed by atoms with Gasteiger partial charge in [0.15, 0.2) is 5.96 Å². The summed E-state index contributed by atoms with van der Waals surface area (Å²) in [5.74, 6) is -1.68. The number of sulfonamides is 1. The molecule has 1 aromatic carbocycles. The maximum absolute atomic E-state index is 13.5. The summed E-state index contributed by atoms with van der Waals surface area (Å²) < 4.78 is 57.5. The number of morpholine rings is 1. The number of nitrogens with zero attached hydrogens (tertiary/aromatic N) is 2. The summed E-state index contributed by atoms with van der Waals surface area (Å²) in [5.41, 5.74) is 5.79. The van der Waals surface area contributed by atoms with Gasteiger partial charge in [-0.25, -0.2) is 21.9 Å². The number of nitrogens with two attached hydrogens (primary N) is 1. The van der Waals surface area contributed by atoms with E-state index >= 15 is 0 Å². The van der Waals surface area contributed by atoms with E-state index in [4.69, 9.17) is 10.5 Å². The number of aliphatic imine (C=N–C) groups is 1. The molecule has 3 N–H and O–H groups in total. The number of hydrogen-bond donors (Lipinski definition) is 2. The molecule has 1 fully saturated rings. The van der Waals surface area contributed by atoms with Crippen molar-refractivity contribution in [3.05, 3.63) is 29.8 Å². The first kappa shape index (κ1) is 17.6. The molecule has 128 valence electrons. The molecule has 1 aliphatic rings. The van der Waals surface area contributed by atoms with Crippen LogP contribution in [0, 0.1) is 11.6 Å². The third-order valence-electron chi connectivity index (χ3n) is 3.20. The van der Waals surface area contributed by atoms with Gasteiger partial charge in [-0.15, -0.1) is 0 Å². The molecule has 0 aromatic heterocycles. The molecule has 1 saturated heterocycles. The Morgan fingerprint density at radius 2 is 2.04 bits per heavy atom. The first-order valence-corrected chi connectivity index (χ1v) is 8.46. The standard InChI is InChI=1S/C13H18F2N4O3S/c14-10-1-2-12(11(15)9-10)23(20,21)18-4-3-17-13(16)19-5-7-22-8-6-19/h1-2,9,18H,3-8H2,(H2,16,17). The van der Waals surface area contributed by atoms with Crippen LogP contribution in [0.5, 0.6) is 0 Å². The van der Waals surface area contributed by atoms with Crippen LogP contribution < -0.4 is 10.5 Å². The van der Waals surface area contributed by atoms with Crippen molar-refractivity contribution in [1.82, 2.24) is 9.62 Å². The largest absolute Gasteiger partial charge is 0.378 e. The second-order valence-electron chi connectivity index (χ2n) is 4.81. The predicted octanol–water partition coefficient (Wildman–Crippen LogP) is -0.110. The normalized spacial score (nSPS) is 16.6. The van der Waals surface area contributed by atoms with Crippen molar-refractivity contribution in [2.75, 3.05) is 39.4 Å². The van der Waals surface area contributed by atoms with Gasteiger partial charge < -0.3 is 15.4 Å². The summed E-state index contributed by atoms with van der Waals surface area (Å²) in [4.78, 5) is 5.29. The van der Waals surface area contributed by atoms with Crippen LogP contribution in [0.15, 0.2) is 28.1 Å². The van der Waals surface area contributed by atoms with E-state index in [1.54, 1.807) is 0 Å². The summed E-state index contributed by atoms with van der Waals surface area (Å²) >= 11 is 0. The lowest BCUT2D eigenvalue weighted by Gasteiger charge is -2.27. The van der Waals surface area contributed by atoms with Crippen molar-refractivity contribution in [3.63, 3.8) is 0 Å². The molecular formula is C13H18F2N4O3S. The Hall–Kier alpha value is -1.78. The number of rotatable bonds is 5. The van der Waals surface area contributed by atoms with Gasteiger partial charge >= 0.3 is 0 Å². The molecule has 1 heterocycles. The van der Waals surface area contributed by atoms with Gasteiger partial charge in [-0.2, -0.15) is 0 Å². The first-order valence-electron chi connectivity index (χ1n) is 6.97. The van der Waals surface area contributed by atoms with E-state index in [0.717, 1.165) is 12.1 Å². The summed E-state index contributed by atoms with van der Waals surface area (Å²) in [6.07, 6.45) is 0. The Morgan fingerprint density at radius 3 is 2.70 bits per heavy atom. The van der Waals surface area contributed by atoms with E-state index in [1.807, 2.05) is 4.90 Å². The molecule has 2 rings (SSSR count). The summed E-state index contributed by atoms with van der Waals surface area (Å²) in [5, 5.41) is 0. The Kier molecular flexibility index (Phi) is 5.85. The molecular weight excluding hydrogens is 330 g/mol. The van der Waals surface area contributed by atoms with E-state index < -0.39 is 26.6 Å². The van der Waals surface area contributed by atoms with Gasteiger partial charge in [-0.05, 0) is 12.1 Å². The zero-order valence-electron chi connectivity index (χ0n) is 12.3. The number of nitrogens with one attached hydrogen (secondary N) is 1. The summed E-state index contributed by atoms with van der Waals surface area (Å²) in [7, 11) is -4.07. The van der Waals surface area contributed by atoms with Crippen molar-refractivity contribution >= 4 is 16.0 Å². The van der Waals surface area contributed by atoms with Crippen molar-refractivity contribution in [3.8, 4) is 0 Å². The molecule has 0 aliphatic carbocycles. The monoisotopic (exact) mass is 348 g/mol. The molecule has 10 heteroatoms. The SMILES string of the molecule is NC(=NCCNS(=O)(=O)c1ccc(F)cc1F)N1CCOCC1. The lowest BCUT2D eigenvalue weighted by atomic mass is 10.3. The minimum absolute atomic E-state index is 0.0514. The molecule has 0 saturated carbocycles. The molecule has 1 aromatic rings. The highest BCUT2D eigenvalue weighted by atomic mass is 32.2. The third-order valence-corrected chi connectivity index (χ3v) is 4.69. The van der Waals surface area contributed by atoms with Gasteiger partial charge in [0, 0.05) is 25.7 Å². The molecule has 23 heavy (non-hydrogen) atoms. The lowest BCUT2D eigenvalue weighted by Crippen LogP contribution is -2.45. The minimum atomic E-state index is -4.07. The van der Waals surface area contributed by atoms with Crippen molar-refractivity contribution < 1.29 is 21.9 Å². The highest BCUT2D eigenvalue weighted by Crippen LogP contribution is 2.14. The van der Waals surface area contributed by atoms with Crippen LogP contribution in [0.2, 0.25) is 0 Å². The highest BCUT2D eigenvalue weighted by molar-refractivity contribution is 7.89. The van der Waals surface area contributed by atoms with E-state index in [0.29, 0.717) is 38.3 Å². The summed E-state index contributed by atoms with van der Waals surface area (Å²) in [6, 6.07) is 2.27. The van der Waals surface area contributed by atoms with Crippen molar-refractivity contribution in [2.24, 2.45) is 10.7 Å². The Labute approximate surface area is 133 Å². The average Bonchev–Trinajstić information content (AvgIpc) is 2.52. The van der Waals surface area contributed by atoms with Crippen molar-refractivity contribution in [2.45, 2.75) is 4.90 Å². The van der Waals surface area contributed by atoms with Gasteiger partial charge in [0.1, 0.15) is 16.5 Å². The predicted molar refractivity (Wildman–Crippen MR) is 80.4 cm³/mol. The molecule has 0 radical (unpaired) electrons. The van der Waals surface area contributed by atoms with Gasteiger partial charge in [0.05, 0.1) is 19.8 Å². The van der Waals surface area contributed by atoms with Gasteiger partial charge in [-0.3, -0.25) is 4.99 Å². The second kappa shape index (κ2) is 7.66. The van der Waals surface area contributed by atoms with Gasteiger partial charge in [0.25, 0.3) is 0 Å². The van der Waals surface area contributed by atoms with Crippen LogP contribution >= 0.6 is 0 Å². The maximum Gasteiger partial charge on any atom is 0.243 e. The number of guanidine groups is 1. The van der Waals surface area contributed by atoms with Crippen molar-refractivity contribution in [1.29, 1.82) is 0 Å². The smallest absolute Gasteiger partial charge is 0.243 e. The number of benzene rings is 1. The Bertz CT molecular complexity index is 676.